The van der Waals surface area contributed by atoms with Crippen molar-refractivity contribution in [2.75, 3.05) is 13.6 Å². The van der Waals surface area contributed by atoms with Crippen LogP contribution in [0.5, 0.6) is 0 Å². The molecule has 0 aliphatic rings. The summed E-state index contributed by atoms with van der Waals surface area (Å²) < 4.78 is 49.0. The van der Waals surface area contributed by atoms with Gasteiger partial charge in [-0.05, 0) is 36.4 Å². The van der Waals surface area contributed by atoms with Gasteiger partial charge < -0.3 is 9.15 Å². The molecular formula is C19H17FN2O5S. The van der Waals surface area contributed by atoms with Gasteiger partial charge in [-0.25, -0.2) is 17.8 Å². The molecule has 0 spiro atoms. The van der Waals surface area contributed by atoms with Crippen LogP contribution in [-0.2, 0) is 26.2 Å². The lowest BCUT2D eigenvalue weighted by atomic mass is 10.2. The lowest BCUT2D eigenvalue weighted by Crippen LogP contribution is -2.33. The summed E-state index contributed by atoms with van der Waals surface area (Å²) in [6.45, 7) is -0.650. The first kappa shape index (κ1) is 19.7. The maximum absolute atomic E-state index is 13.0. The van der Waals surface area contributed by atoms with Gasteiger partial charge in [-0.1, -0.05) is 18.2 Å². The predicted octanol–water partition coefficient (Wildman–Crippen LogP) is 2.84. The minimum absolute atomic E-state index is 0.117. The molecule has 0 bridgehead atoms. The van der Waals surface area contributed by atoms with E-state index >= 15 is 0 Å². The molecule has 0 aliphatic carbocycles. The van der Waals surface area contributed by atoms with Gasteiger partial charge in [-0.15, -0.1) is 0 Å². The molecular weight excluding hydrogens is 387 g/mol. The zero-order valence-electron chi connectivity index (χ0n) is 14.9. The van der Waals surface area contributed by atoms with Crippen molar-refractivity contribution in [1.29, 1.82) is 0 Å². The number of esters is 1. The molecule has 0 saturated heterocycles. The Labute approximate surface area is 161 Å². The van der Waals surface area contributed by atoms with E-state index in [0.29, 0.717) is 11.6 Å². The summed E-state index contributed by atoms with van der Waals surface area (Å²) in [5, 5.41) is 0. The average Bonchev–Trinajstić information content (AvgIpc) is 3.16. The largest absolute Gasteiger partial charge is 0.458 e. The van der Waals surface area contributed by atoms with Crippen LogP contribution >= 0.6 is 0 Å². The molecule has 2 aromatic carbocycles. The van der Waals surface area contributed by atoms with E-state index in [1.807, 2.05) is 30.3 Å². The van der Waals surface area contributed by atoms with E-state index in [2.05, 4.69) is 4.98 Å². The lowest BCUT2D eigenvalue weighted by molar-refractivity contribution is -0.145. The van der Waals surface area contributed by atoms with E-state index in [0.717, 1.165) is 34.1 Å². The van der Waals surface area contributed by atoms with Gasteiger partial charge in [0.25, 0.3) is 0 Å². The van der Waals surface area contributed by atoms with Gasteiger partial charge in [0, 0.05) is 12.6 Å². The SMILES string of the molecule is CN(CC(=O)OCc1coc(-c2ccccc2)n1)S(=O)(=O)c1ccc(F)cc1. The highest BCUT2D eigenvalue weighted by Crippen LogP contribution is 2.18. The Balaban J connectivity index is 1.57. The number of hydrogen-bond donors (Lipinski definition) is 0. The van der Waals surface area contributed by atoms with Gasteiger partial charge in [0.1, 0.15) is 30.9 Å². The zero-order valence-corrected chi connectivity index (χ0v) is 15.7. The zero-order chi connectivity index (χ0) is 20.1. The first-order valence-corrected chi connectivity index (χ1v) is 9.67. The predicted molar refractivity (Wildman–Crippen MR) is 98.0 cm³/mol. The van der Waals surface area contributed by atoms with Crippen LogP contribution in [0.3, 0.4) is 0 Å². The Hall–Kier alpha value is -3.04. The van der Waals surface area contributed by atoms with E-state index in [1.54, 1.807) is 0 Å². The van der Waals surface area contributed by atoms with E-state index in [-0.39, 0.29) is 11.5 Å². The molecule has 3 rings (SSSR count). The lowest BCUT2D eigenvalue weighted by Gasteiger charge is -2.16. The normalized spacial score (nSPS) is 11.5. The molecule has 28 heavy (non-hydrogen) atoms. The summed E-state index contributed by atoms with van der Waals surface area (Å²) in [6.07, 6.45) is 1.37. The van der Waals surface area contributed by atoms with Gasteiger partial charge >= 0.3 is 5.97 Å². The Bertz CT molecular complexity index is 1050. The molecule has 0 aliphatic heterocycles. The number of hydrogen-bond acceptors (Lipinski definition) is 6. The third-order valence-electron chi connectivity index (χ3n) is 3.83. The summed E-state index contributed by atoms with van der Waals surface area (Å²) >= 11 is 0. The fourth-order valence-electron chi connectivity index (χ4n) is 2.34. The topological polar surface area (TPSA) is 89.7 Å². The van der Waals surface area contributed by atoms with Gasteiger partial charge in [0.15, 0.2) is 0 Å². The molecule has 3 aromatic rings. The molecule has 0 fully saturated rings. The number of likely N-dealkylation sites (N-methyl/N-ethyl adjacent to an activating group) is 1. The fourth-order valence-corrected chi connectivity index (χ4v) is 3.46. The van der Waals surface area contributed by atoms with E-state index in [9.17, 15) is 17.6 Å². The Morgan fingerprint density at radius 3 is 2.50 bits per heavy atom. The smallest absolute Gasteiger partial charge is 0.321 e. The third-order valence-corrected chi connectivity index (χ3v) is 5.64. The highest BCUT2D eigenvalue weighted by molar-refractivity contribution is 7.89. The molecule has 0 unspecified atom stereocenters. The average molecular weight is 404 g/mol. The molecule has 9 heteroatoms. The van der Waals surface area contributed by atoms with Crippen LogP contribution in [-0.4, -0.2) is 37.3 Å². The molecule has 0 amide bonds. The van der Waals surface area contributed by atoms with Gasteiger partial charge in [0.05, 0.1) is 4.90 Å². The van der Waals surface area contributed by atoms with Gasteiger partial charge in [0.2, 0.25) is 15.9 Å². The number of halogens is 1. The van der Waals surface area contributed by atoms with Crippen molar-refractivity contribution < 1.29 is 26.8 Å². The number of nitrogens with zero attached hydrogens (tertiary/aromatic N) is 2. The number of aromatic nitrogens is 1. The van der Waals surface area contributed by atoms with Crippen LogP contribution in [0.15, 0.2) is 70.2 Å². The van der Waals surface area contributed by atoms with Crippen LogP contribution in [0.2, 0.25) is 0 Å². The molecule has 1 aromatic heterocycles. The van der Waals surface area contributed by atoms with Crippen molar-refractivity contribution >= 4 is 16.0 Å². The van der Waals surface area contributed by atoms with E-state index < -0.39 is 28.4 Å². The number of carbonyl (C=O) groups is 1. The quantitative estimate of drug-likeness (QED) is 0.563. The first-order valence-electron chi connectivity index (χ1n) is 8.23. The van der Waals surface area contributed by atoms with Gasteiger partial charge in [-0.3, -0.25) is 4.79 Å². The summed E-state index contributed by atoms with van der Waals surface area (Å²) in [6, 6.07) is 13.6. The van der Waals surface area contributed by atoms with Crippen molar-refractivity contribution in [2.45, 2.75) is 11.5 Å². The second-order valence-corrected chi connectivity index (χ2v) is 7.93. The van der Waals surface area contributed by atoms with Crippen LogP contribution in [0, 0.1) is 5.82 Å². The fraction of sp³-hybridized carbons (Fsp3) is 0.158. The second-order valence-electron chi connectivity index (χ2n) is 5.89. The number of rotatable bonds is 7. The van der Waals surface area contributed by atoms with Crippen molar-refractivity contribution in [3.05, 3.63) is 72.4 Å². The van der Waals surface area contributed by atoms with Crippen molar-refractivity contribution in [1.82, 2.24) is 9.29 Å². The highest BCUT2D eigenvalue weighted by Gasteiger charge is 2.23. The van der Waals surface area contributed by atoms with Crippen LogP contribution < -0.4 is 0 Å². The molecule has 1 heterocycles. The minimum atomic E-state index is -3.93. The van der Waals surface area contributed by atoms with E-state index in [1.165, 1.54) is 13.3 Å². The Kier molecular flexibility index (Phi) is 5.86. The van der Waals surface area contributed by atoms with Crippen LogP contribution in [0.25, 0.3) is 11.5 Å². The number of sulfonamides is 1. The maximum Gasteiger partial charge on any atom is 0.321 e. The van der Waals surface area contributed by atoms with E-state index in [4.69, 9.17) is 9.15 Å². The molecule has 0 atom stereocenters. The number of carbonyl (C=O) groups excluding carboxylic acids is 1. The van der Waals surface area contributed by atoms with Crippen molar-refractivity contribution in [3.63, 3.8) is 0 Å². The summed E-state index contributed by atoms with van der Waals surface area (Å²) in [5.74, 6) is -0.913. The van der Waals surface area contributed by atoms with Crippen LogP contribution in [0.4, 0.5) is 4.39 Å². The molecule has 0 N–H and O–H groups in total. The highest BCUT2D eigenvalue weighted by atomic mass is 32.2. The second kappa shape index (κ2) is 8.32. The number of ether oxygens (including phenoxy) is 1. The minimum Gasteiger partial charge on any atom is -0.458 e. The number of oxazole rings is 1. The summed E-state index contributed by atoms with van der Waals surface area (Å²) in [7, 11) is -2.69. The molecule has 7 nitrogen and oxygen atoms in total. The molecule has 0 radical (unpaired) electrons. The summed E-state index contributed by atoms with van der Waals surface area (Å²) in [4.78, 5) is 16.1. The monoisotopic (exact) mass is 404 g/mol. The summed E-state index contributed by atoms with van der Waals surface area (Å²) in [5.41, 5.74) is 1.18. The molecule has 0 saturated carbocycles. The Morgan fingerprint density at radius 1 is 1.14 bits per heavy atom. The standard InChI is InChI=1S/C19H17FN2O5S/c1-22(28(24,25)17-9-7-15(20)8-10-17)11-18(23)26-12-16-13-27-19(21-16)14-5-3-2-4-6-14/h2-10,13H,11-12H2,1H3. The number of benzene rings is 2. The van der Waals surface area contributed by atoms with Crippen molar-refractivity contribution in [3.8, 4) is 11.5 Å². The van der Waals surface area contributed by atoms with Gasteiger partial charge in [-0.2, -0.15) is 4.31 Å². The maximum atomic E-state index is 13.0. The Morgan fingerprint density at radius 2 is 1.82 bits per heavy atom. The first-order chi connectivity index (χ1) is 13.4. The van der Waals surface area contributed by atoms with Crippen molar-refractivity contribution in [2.24, 2.45) is 0 Å². The third kappa shape index (κ3) is 4.62. The van der Waals surface area contributed by atoms with Crippen LogP contribution in [0.1, 0.15) is 5.69 Å². The molecule has 146 valence electrons.